The third kappa shape index (κ3) is 2.71. The minimum absolute atomic E-state index is 0.251. The van der Waals surface area contributed by atoms with E-state index in [1.54, 1.807) is 37.4 Å². The highest BCUT2D eigenvalue weighted by molar-refractivity contribution is 7.54. The Bertz CT molecular complexity index is 1320. The second-order valence-corrected chi connectivity index (χ2v) is 7.93. The normalized spacial score (nSPS) is 13.3. The van der Waals surface area contributed by atoms with Gasteiger partial charge in [0.15, 0.2) is 11.1 Å². The minimum atomic E-state index is -1.36. The van der Waals surface area contributed by atoms with Crippen molar-refractivity contribution in [3.05, 3.63) is 53.9 Å². The fraction of sp³-hybridized carbons (Fsp3) is 0.0526. The maximum atomic E-state index is 13.1. The summed E-state index contributed by atoms with van der Waals surface area (Å²) in [5.74, 6) is 0.592. The van der Waals surface area contributed by atoms with Crippen molar-refractivity contribution < 1.29 is 19.4 Å². The maximum absolute atomic E-state index is 13.1. The van der Waals surface area contributed by atoms with Crippen molar-refractivity contribution in [3.8, 4) is 11.6 Å². The largest absolute Gasteiger partial charge is 0.500 e. The molecule has 5 rings (SSSR count). The van der Waals surface area contributed by atoms with Crippen molar-refractivity contribution >= 4 is 49.1 Å². The summed E-state index contributed by atoms with van der Waals surface area (Å²) >= 11 is 0. The third-order valence-corrected chi connectivity index (χ3v) is 6.09. The molecule has 30 heavy (non-hydrogen) atoms. The molecule has 10 nitrogen and oxygen atoms in total. The van der Waals surface area contributed by atoms with Gasteiger partial charge in [0.2, 0.25) is 5.88 Å². The highest BCUT2D eigenvalue weighted by Gasteiger charge is 2.36. The Morgan fingerprint density at radius 1 is 1.20 bits per heavy atom. The second-order valence-electron chi connectivity index (χ2n) is 6.30. The average molecular weight is 420 g/mol. The van der Waals surface area contributed by atoms with Gasteiger partial charge >= 0.3 is 11.3 Å². The second kappa shape index (κ2) is 6.74. The van der Waals surface area contributed by atoms with Gasteiger partial charge in [-0.15, -0.1) is 5.10 Å². The van der Waals surface area contributed by atoms with Crippen LogP contribution in [-0.2, 0) is 0 Å². The molecule has 0 saturated heterocycles. The molecule has 1 unspecified atom stereocenters. The van der Waals surface area contributed by atoms with Gasteiger partial charge in [-0.05, 0) is 19.1 Å². The Labute approximate surface area is 171 Å². The lowest BCUT2D eigenvalue weighted by molar-refractivity contribution is -0.233. The zero-order chi connectivity index (χ0) is 20.8. The molecule has 11 heteroatoms. The van der Waals surface area contributed by atoms with Gasteiger partial charge in [0.05, 0.1) is 21.9 Å². The van der Waals surface area contributed by atoms with Crippen LogP contribution in [0.4, 0.5) is 26.7 Å². The van der Waals surface area contributed by atoms with Crippen LogP contribution in [0, 0.1) is 6.92 Å². The van der Waals surface area contributed by atoms with E-state index in [0.717, 1.165) is 0 Å². The van der Waals surface area contributed by atoms with Crippen molar-refractivity contribution in [2.45, 2.75) is 6.92 Å². The van der Waals surface area contributed by atoms with Crippen LogP contribution < -0.4 is 20.1 Å². The molecule has 1 atom stereocenters. The molecule has 0 spiro atoms. The summed E-state index contributed by atoms with van der Waals surface area (Å²) in [6.45, 7) is 1.74. The van der Waals surface area contributed by atoms with E-state index in [1.807, 2.05) is 0 Å². The van der Waals surface area contributed by atoms with E-state index >= 15 is 0 Å². The van der Waals surface area contributed by atoms with E-state index in [0.29, 0.717) is 38.7 Å². The standard InChI is InChI=1S/C19H12N6O4S/c1-10-16(13(5-8-20-10)29-14-3-2-6-22-24-14)25-12-4-7-21-17-15(12)11(23-18(25)26)9-30(17)19(27)28/h2-9H,1H3,(H-,23,26,27,28). The zero-order valence-corrected chi connectivity index (χ0v) is 16.2. The molecule has 148 valence electrons. The smallest absolute Gasteiger partial charge is 0.331 e. The number of aryl methyl sites for hydroxylation is 1. The summed E-state index contributed by atoms with van der Waals surface area (Å²) < 4.78 is 5.87. The fourth-order valence-corrected chi connectivity index (χ4v) is 4.72. The summed E-state index contributed by atoms with van der Waals surface area (Å²) in [5.41, 5.74) is 1.81. The van der Waals surface area contributed by atoms with E-state index in [4.69, 9.17) is 4.74 Å². The highest BCUT2D eigenvalue weighted by atomic mass is 32.2. The number of anilines is 3. The predicted octanol–water partition coefficient (Wildman–Crippen LogP) is 3.14. The lowest BCUT2D eigenvalue weighted by Crippen LogP contribution is -2.34. The van der Waals surface area contributed by atoms with Gasteiger partial charge in [-0.3, -0.25) is 9.88 Å². The van der Waals surface area contributed by atoms with Crippen LogP contribution in [0.2, 0.25) is 0 Å². The van der Waals surface area contributed by atoms with Crippen LogP contribution in [0.25, 0.3) is 10.2 Å². The zero-order valence-electron chi connectivity index (χ0n) is 15.4. The van der Waals surface area contributed by atoms with Crippen molar-refractivity contribution in [1.82, 2.24) is 20.2 Å². The molecule has 1 aliphatic rings. The number of hydrogen-bond donors (Lipinski definition) is 1. The predicted molar refractivity (Wildman–Crippen MR) is 107 cm³/mol. The van der Waals surface area contributed by atoms with Crippen LogP contribution >= 0.6 is 10.5 Å². The molecule has 0 aliphatic carbocycles. The lowest BCUT2D eigenvalue weighted by atomic mass is 10.1. The van der Waals surface area contributed by atoms with Crippen molar-refractivity contribution in [2.75, 3.05) is 10.2 Å². The Balaban J connectivity index is 1.72. The molecule has 4 aromatic heterocycles. The number of hydrogen-bond acceptors (Lipinski definition) is 8. The van der Waals surface area contributed by atoms with Crippen molar-refractivity contribution in [3.63, 3.8) is 0 Å². The number of thiophene rings is 1. The fourth-order valence-electron chi connectivity index (χ4n) is 3.34. The molecular formula is C19H12N6O4S. The van der Waals surface area contributed by atoms with Gasteiger partial charge in [0.1, 0.15) is 16.8 Å². The number of carboxylic acid groups (broad SMARTS) is 1. The molecule has 1 N–H and O–H groups in total. The van der Waals surface area contributed by atoms with Crippen LogP contribution in [0.15, 0.2) is 48.2 Å². The number of nitrogens with zero attached hydrogens (tertiary/aromatic N) is 5. The molecular weight excluding hydrogens is 408 g/mol. The van der Waals surface area contributed by atoms with E-state index in [-0.39, 0.29) is 5.88 Å². The SMILES string of the molecule is Cc1nccc(Oc2cccnn2)c1N1C(=O)Nc2c[s+](C(=O)[O-])c3nccc1c23. The molecule has 0 saturated carbocycles. The molecule has 2 amide bonds. The summed E-state index contributed by atoms with van der Waals surface area (Å²) in [4.78, 5) is 34.9. The number of rotatable bonds is 4. The number of nitrogens with one attached hydrogen (secondary N) is 1. The lowest BCUT2D eigenvalue weighted by Gasteiger charge is -2.29. The molecule has 5 heterocycles. The van der Waals surface area contributed by atoms with E-state index in [2.05, 4.69) is 25.5 Å². The van der Waals surface area contributed by atoms with E-state index in [1.165, 1.54) is 22.7 Å². The van der Waals surface area contributed by atoms with Gasteiger partial charge in [0.25, 0.3) is 4.83 Å². The van der Waals surface area contributed by atoms with E-state index in [9.17, 15) is 14.7 Å². The highest BCUT2D eigenvalue weighted by Crippen LogP contribution is 2.48. The minimum Gasteiger partial charge on any atom is -0.500 e. The third-order valence-electron chi connectivity index (χ3n) is 4.53. The first kappa shape index (κ1) is 17.9. The first-order chi connectivity index (χ1) is 14.5. The van der Waals surface area contributed by atoms with Gasteiger partial charge in [-0.25, -0.2) is 9.78 Å². The maximum Gasteiger partial charge on any atom is 0.331 e. The average Bonchev–Trinajstić information content (AvgIpc) is 3.10. The van der Waals surface area contributed by atoms with Gasteiger partial charge in [-0.1, -0.05) is 0 Å². The quantitative estimate of drug-likeness (QED) is 0.498. The van der Waals surface area contributed by atoms with E-state index < -0.39 is 21.8 Å². The monoisotopic (exact) mass is 420 g/mol. The number of pyridine rings is 2. The topological polar surface area (TPSA) is 133 Å². The molecule has 0 fully saturated rings. The number of urea groups is 1. The Morgan fingerprint density at radius 3 is 2.80 bits per heavy atom. The Morgan fingerprint density at radius 2 is 2.03 bits per heavy atom. The molecule has 0 aromatic carbocycles. The van der Waals surface area contributed by atoms with Crippen LogP contribution in [0.1, 0.15) is 5.69 Å². The molecule has 1 aliphatic heterocycles. The van der Waals surface area contributed by atoms with Crippen molar-refractivity contribution in [1.29, 1.82) is 0 Å². The van der Waals surface area contributed by atoms with Crippen LogP contribution in [0.5, 0.6) is 11.6 Å². The first-order valence-electron chi connectivity index (χ1n) is 8.72. The molecule has 0 bridgehead atoms. The Hall–Kier alpha value is -4.12. The van der Waals surface area contributed by atoms with Crippen LogP contribution in [-0.4, -0.2) is 31.5 Å². The van der Waals surface area contributed by atoms with Crippen molar-refractivity contribution in [2.24, 2.45) is 0 Å². The number of ether oxygens (including phenoxy) is 1. The summed E-state index contributed by atoms with van der Waals surface area (Å²) in [7, 11) is -1.36. The number of carbonyl (C=O) groups is 2. The molecule has 4 aromatic rings. The van der Waals surface area contributed by atoms with Gasteiger partial charge < -0.3 is 20.0 Å². The summed E-state index contributed by atoms with van der Waals surface area (Å²) in [5, 5.41) is 22.7. The Kier molecular flexibility index (Phi) is 4.03. The number of aromatic nitrogens is 4. The number of carbonyl (C=O) groups excluding carboxylic acids is 2. The van der Waals surface area contributed by atoms with Crippen LogP contribution in [0.3, 0.4) is 0 Å². The van der Waals surface area contributed by atoms with Gasteiger partial charge in [0, 0.05) is 30.7 Å². The first-order valence-corrected chi connectivity index (χ1v) is 10.0. The summed E-state index contributed by atoms with van der Waals surface area (Å²) in [6.07, 6.45) is 4.54. The molecule has 0 radical (unpaired) electrons. The van der Waals surface area contributed by atoms with Gasteiger partial charge in [-0.2, -0.15) is 5.10 Å². The summed E-state index contributed by atoms with van der Waals surface area (Å²) in [6, 6.07) is 6.10. The number of amides is 2.